The van der Waals surface area contributed by atoms with E-state index in [1.54, 1.807) is 0 Å². The number of pyridine rings is 1. The van der Waals surface area contributed by atoms with Gasteiger partial charge < -0.3 is 0 Å². The van der Waals surface area contributed by atoms with E-state index in [0.717, 1.165) is 6.42 Å². The van der Waals surface area contributed by atoms with Gasteiger partial charge >= 0.3 is 0 Å². The minimum Gasteiger partial charge on any atom is -0.261 e. The molecular formula is C9H13NS. The largest absolute Gasteiger partial charge is 0.261 e. The highest BCUT2D eigenvalue weighted by molar-refractivity contribution is 7.99. The Bertz CT molecular complexity index is 186. The van der Waals surface area contributed by atoms with Crippen molar-refractivity contribution in [3.05, 3.63) is 30.1 Å². The maximum Gasteiger partial charge on any atom is 0.0411 e. The molecule has 0 saturated carbocycles. The molecule has 11 heavy (non-hydrogen) atoms. The smallest absolute Gasteiger partial charge is 0.0411 e. The molecule has 0 amide bonds. The van der Waals surface area contributed by atoms with Gasteiger partial charge in [0.2, 0.25) is 0 Å². The van der Waals surface area contributed by atoms with Crippen LogP contribution in [-0.4, -0.2) is 16.5 Å². The van der Waals surface area contributed by atoms with Crippen LogP contribution >= 0.6 is 11.8 Å². The van der Waals surface area contributed by atoms with Crippen LogP contribution in [0.4, 0.5) is 0 Å². The fourth-order valence-corrected chi connectivity index (χ4v) is 1.51. The Hall–Kier alpha value is -0.500. The predicted molar refractivity (Wildman–Crippen MR) is 50.9 cm³/mol. The number of aromatic nitrogens is 1. The molecule has 0 aliphatic carbocycles. The third-order valence-electron chi connectivity index (χ3n) is 1.43. The summed E-state index contributed by atoms with van der Waals surface area (Å²) in [6, 6.07) is 6.08. The Morgan fingerprint density at radius 2 is 2.36 bits per heavy atom. The lowest BCUT2D eigenvalue weighted by atomic mass is 10.3. The van der Waals surface area contributed by atoms with Gasteiger partial charge in [-0.3, -0.25) is 4.98 Å². The van der Waals surface area contributed by atoms with E-state index in [-0.39, 0.29) is 0 Å². The van der Waals surface area contributed by atoms with Crippen LogP contribution in [0, 0.1) is 0 Å². The summed E-state index contributed by atoms with van der Waals surface area (Å²) < 4.78 is 0. The molecule has 0 fully saturated rings. The number of thioether (sulfide) groups is 1. The molecule has 0 aromatic carbocycles. The van der Waals surface area contributed by atoms with Gasteiger partial charge in [-0.15, -0.1) is 0 Å². The van der Waals surface area contributed by atoms with Crippen LogP contribution in [0.1, 0.15) is 12.6 Å². The first kappa shape index (κ1) is 8.60. The van der Waals surface area contributed by atoms with Crippen molar-refractivity contribution in [1.82, 2.24) is 4.98 Å². The van der Waals surface area contributed by atoms with E-state index in [9.17, 15) is 0 Å². The van der Waals surface area contributed by atoms with Gasteiger partial charge in [0.25, 0.3) is 0 Å². The van der Waals surface area contributed by atoms with Crippen LogP contribution in [0.2, 0.25) is 0 Å². The van der Waals surface area contributed by atoms with Gasteiger partial charge in [0.15, 0.2) is 0 Å². The molecule has 1 aromatic rings. The summed E-state index contributed by atoms with van der Waals surface area (Å²) in [6.45, 7) is 2.18. The second kappa shape index (κ2) is 5.19. The van der Waals surface area contributed by atoms with Gasteiger partial charge in [-0.25, -0.2) is 0 Å². The third kappa shape index (κ3) is 3.42. The van der Waals surface area contributed by atoms with Crippen molar-refractivity contribution in [2.45, 2.75) is 13.3 Å². The molecule has 0 atom stereocenters. The van der Waals surface area contributed by atoms with E-state index in [2.05, 4.69) is 18.0 Å². The quantitative estimate of drug-likeness (QED) is 0.639. The Morgan fingerprint density at radius 3 is 3.00 bits per heavy atom. The van der Waals surface area contributed by atoms with Gasteiger partial charge in [-0.05, 0) is 30.1 Å². The van der Waals surface area contributed by atoms with Crippen LogP contribution in [0.25, 0.3) is 0 Å². The van der Waals surface area contributed by atoms with Gasteiger partial charge in [0, 0.05) is 11.9 Å². The molecule has 0 bridgehead atoms. The second-order valence-electron chi connectivity index (χ2n) is 2.27. The number of hydrogen-bond acceptors (Lipinski definition) is 2. The van der Waals surface area contributed by atoms with Crippen LogP contribution in [0.15, 0.2) is 24.4 Å². The van der Waals surface area contributed by atoms with Crippen molar-refractivity contribution in [3.63, 3.8) is 0 Å². The van der Waals surface area contributed by atoms with E-state index in [1.165, 1.54) is 17.2 Å². The molecule has 60 valence electrons. The molecular weight excluding hydrogens is 154 g/mol. The summed E-state index contributed by atoms with van der Waals surface area (Å²) in [6.07, 6.45) is 2.95. The van der Waals surface area contributed by atoms with Crippen molar-refractivity contribution in [2.75, 3.05) is 11.5 Å². The summed E-state index contributed by atoms with van der Waals surface area (Å²) in [7, 11) is 0. The van der Waals surface area contributed by atoms with Crippen molar-refractivity contribution < 1.29 is 0 Å². The lowest BCUT2D eigenvalue weighted by Gasteiger charge is -1.97. The molecule has 2 heteroatoms. The number of nitrogens with zero attached hydrogens (tertiary/aromatic N) is 1. The van der Waals surface area contributed by atoms with E-state index in [1.807, 2.05) is 30.1 Å². The SMILES string of the molecule is CCSCCc1ccccn1. The van der Waals surface area contributed by atoms with Crippen molar-refractivity contribution in [1.29, 1.82) is 0 Å². The lowest BCUT2D eigenvalue weighted by molar-refractivity contribution is 1.05. The summed E-state index contributed by atoms with van der Waals surface area (Å²) in [4.78, 5) is 4.24. The zero-order valence-electron chi connectivity index (χ0n) is 6.79. The minimum atomic E-state index is 1.10. The lowest BCUT2D eigenvalue weighted by Crippen LogP contribution is -1.91. The van der Waals surface area contributed by atoms with Crippen LogP contribution in [-0.2, 0) is 6.42 Å². The average Bonchev–Trinajstić information content (AvgIpc) is 2.07. The fraction of sp³-hybridized carbons (Fsp3) is 0.444. The van der Waals surface area contributed by atoms with E-state index >= 15 is 0 Å². The first-order chi connectivity index (χ1) is 5.43. The van der Waals surface area contributed by atoms with E-state index in [0.29, 0.717) is 0 Å². The molecule has 0 aliphatic heterocycles. The van der Waals surface area contributed by atoms with Crippen LogP contribution in [0.3, 0.4) is 0 Å². The maximum absolute atomic E-state index is 4.24. The fourth-order valence-electron chi connectivity index (χ4n) is 0.867. The molecule has 1 heterocycles. The molecule has 0 unspecified atom stereocenters. The average molecular weight is 167 g/mol. The molecule has 0 aliphatic rings. The van der Waals surface area contributed by atoms with Crippen LogP contribution in [0.5, 0.6) is 0 Å². The zero-order valence-corrected chi connectivity index (χ0v) is 7.60. The summed E-state index contributed by atoms with van der Waals surface area (Å²) in [5.41, 5.74) is 1.20. The second-order valence-corrected chi connectivity index (χ2v) is 3.66. The van der Waals surface area contributed by atoms with Crippen LogP contribution < -0.4 is 0 Å². The molecule has 1 aromatic heterocycles. The van der Waals surface area contributed by atoms with Gasteiger partial charge in [-0.1, -0.05) is 13.0 Å². The number of rotatable bonds is 4. The Labute approximate surface area is 72.2 Å². The normalized spacial score (nSPS) is 9.91. The molecule has 1 nitrogen and oxygen atoms in total. The maximum atomic E-state index is 4.24. The first-order valence-electron chi connectivity index (χ1n) is 3.91. The molecule has 1 rings (SSSR count). The molecule has 0 saturated heterocycles. The molecule has 0 N–H and O–H groups in total. The number of aryl methyl sites for hydroxylation is 1. The first-order valence-corrected chi connectivity index (χ1v) is 5.06. The summed E-state index contributed by atoms with van der Waals surface area (Å²) in [5, 5.41) is 0. The van der Waals surface area contributed by atoms with Crippen molar-refractivity contribution in [2.24, 2.45) is 0 Å². The topological polar surface area (TPSA) is 12.9 Å². The highest BCUT2D eigenvalue weighted by Crippen LogP contribution is 2.03. The Kier molecular flexibility index (Phi) is 4.06. The van der Waals surface area contributed by atoms with Crippen molar-refractivity contribution in [3.8, 4) is 0 Å². The number of hydrogen-bond donors (Lipinski definition) is 0. The summed E-state index contributed by atoms with van der Waals surface area (Å²) >= 11 is 1.96. The zero-order chi connectivity index (χ0) is 7.94. The standard InChI is InChI=1S/C9H13NS/c1-2-11-8-6-9-5-3-4-7-10-9/h3-5,7H,2,6,8H2,1H3. The van der Waals surface area contributed by atoms with E-state index < -0.39 is 0 Å². The Balaban J connectivity index is 2.28. The molecule has 0 radical (unpaired) electrons. The minimum absolute atomic E-state index is 1.10. The third-order valence-corrected chi connectivity index (χ3v) is 2.33. The van der Waals surface area contributed by atoms with Gasteiger partial charge in [-0.2, -0.15) is 11.8 Å². The Morgan fingerprint density at radius 1 is 1.45 bits per heavy atom. The monoisotopic (exact) mass is 167 g/mol. The molecule has 0 spiro atoms. The van der Waals surface area contributed by atoms with Crippen molar-refractivity contribution >= 4 is 11.8 Å². The predicted octanol–water partition coefficient (Wildman–Crippen LogP) is 2.38. The van der Waals surface area contributed by atoms with E-state index in [4.69, 9.17) is 0 Å². The highest BCUT2D eigenvalue weighted by Gasteiger charge is 1.90. The van der Waals surface area contributed by atoms with Gasteiger partial charge in [0.05, 0.1) is 0 Å². The summed E-state index contributed by atoms with van der Waals surface area (Å²) in [5.74, 6) is 2.39. The van der Waals surface area contributed by atoms with Gasteiger partial charge in [0.1, 0.15) is 0 Å². The highest BCUT2D eigenvalue weighted by atomic mass is 32.2.